The molecule has 6 nitrogen and oxygen atoms in total. The normalized spacial score (nSPS) is 11.1. The minimum atomic E-state index is 0.0206. The number of anilines is 1. The van der Waals surface area contributed by atoms with Gasteiger partial charge in [0.05, 0.1) is 11.8 Å². The van der Waals surface area contributed by atoms with Crippen molar-refractivity contribution in [2.45, 2.75) is 26.8 Å². The second-order valence-electron chi connectivity index (χ2n) is 8.22. The zero-order valence-corrected chi connectivity index (χ0v) is 18.5. The van der Waals surface area contributed by atoms with Crippen molar-refractivity contribution < 1.29 is 9.21 Å². The van der Waals surface area contributed by atoms with E-state index in [2.05, 4.69) is 29.0 Å². The predicted molar refractivity (Wildman–Crippen MR) is 127 cm³/mol. The minimum absolute atomic E-state index is 0.0206. The Bertz CT molecular complexity index is 1160. The summed E-state index contributed by atoms with van der Waals surface area (Å²) < 4.78 is 5.55. The van der Waals surface area contributed by atoms with E-state index in [9.17, 15) is 4.79 Å². The lowest BCUT2D eigenvalue weighted by molar-refractivity contribution is -0.121. The highest BCUT2D eigenvalue weighted by molar-refractivity contribution is 5.91. The van der Waals surface area contributed by atoms with Gasteiger partial charge in [0, 0.05) is 31.4 Å². The Morgan fingerprint density at radius 2 is 1.78 bits per heavy atom. The number of amides is 1. The lowest BCUT2D eigenvalue weighted by atomic mass is 10.1. The van der Waals surface area contributed by atoms with Gasteiger partial charge in [-0.15, -0.1) is 0 Å². The van der Waals surface area contributed by atoms with Crippen LogP contribution in [0.3, 0.4) is 0 Å². The van der Waals surface area contributed by atoms with Crippen molar-refractivity contribution in [3.63, 3.8) is 0 Å². The summed E-state index contributed by atoms with van der Waals surface area (Å²) in [7, 11) is 0. The molecular formula is C26H28N4O2. The maximum Gasteiger partial charge on any atom is 0.222 e. The smallest absolute Gasteiger partial charge is 0.222 e. The molecule has 0 bridgehead atoms. The SMILES string of the molecule is CC(C)CN(CCC(=O)NCc1ccccc1)c1nc(-c2ccco2)nc2ccccc12. The van der Waals surface area contributed by atoms with E-state index in [0.29, 0.717) is 37.0 Å². The van der Waals surface area contributed by atoms with Gasteiger partial charge in [-0.05, 0) is 35.7 Å². The average molecular weight is 429 g/mol. The van der Waals surface area contributed by atoms with Crippen LogP contribution in [0.4, 0.5) is 5.82 Å². The summed E-state index contributed by atoms with van der Waals surface area (Å²) in [5.74, 6) is 2.43. The molecule has 6 heteroatoms. The van der Waals surface area contributed by atoms with Crippen molar-refractivity contribution >= 4 is 22.6 Å². The summed E-state index contributed by atoms with van der Waals surface area (Å²) in [6.45, 7) is 6.21. The molecule has 0 aliphatic heterocycles. The zero-order chi connectivity index (χ0) is 22.3. The van der Waals surface area contributed by atoms with Crippen molar-refractivity contribution in [3.8, 4) is 11.6 Å². The Morgan fingerprint density at radius 3 is 2.53 bits per heavy atom. The lowest BCUT2D eigenvalue weighted by Crippen LogP contribution is -2.34. The molecule has 0 atom stereocenters. The number of hydrogen-bond donors (Lipinski definition) is 1. The van der Waals surface area contributed by atoms with Crippen LogP contribution in [0.25, 0.3) is 22.5 Å². The van der Waals surface area contributed by atoms with Crippen molar-refractivity contribution in [2.75, 3.05) is 18.0 Å². The standard InChI is InChI=1S/C26H28N4O2/c1-19(2)18-30(15-14-24(31)27-17-20-9-4-3-5-10-20)26-21-11-6-7-12-22(21)28-25(29-26)23-13-8-16-32-23/h3-13,16,19H,14-15,17-18H2,1-2H3,(H,27,31). The highest BCUT2D eigenvalue weighted by Gasteiger charge is 2.18. The van der Waals surface area contributed by atoms with Crippen LogP contribution < -0.4 is 10.2 Å². The van der Waals surface area contributed by atoms with Gasteiger partial charge in [-0.3, -0.25) is 4.79 Å². The number of para-hydroxylation sites is 1. The molecule has 2 heterocycles. The number of nitrogens with zero attached hydrogens (tertiary/aromatic N) is 3. The van der Waals surface area contributed by atoms with E-state index in [4.69, 9.17) is 9.40 Å². The van der Waals surface area contributed by atoms with Crippen molar-refractivity contribution in [1.82, 2.24) is 15.3 Å². The van der Waals surface area contributed by atoms with Gasteiger partial charge in [0.2, 0.25) is 5.91 Å². The van der Waals surface area contributed by atoms with E-state index in [-0.39, 0.29) is 5.91 Å². The van der Waals surface area contributed by atoms with Crippen LogP contribution in [0.5, 0.6) is 0 Å². The van der Waals surface area contributed by atoms with Gasteiger partial charge in [0.15, 0.2) is 11.6 Å². The van der Waals surface area contributed by atoms with Crippen molar-refractivity contribution in [1.29, 1.82) is 0 Å². The molecule has 0 aliphatic rings. The zero-order valence-electron chi connectivity index (χ0n) is 18.5. The van der Waals surface area contributed by atoms with Gasteiger partial charge in [-0.25, -0.2) is 9.97 Å². The quantitative estimate of drug-likeness (QED) is 0.403. The van der Waals surface area contributed by atoms with Gasteiger partial charge in [-0.2, -0.15) is 0 Å². The van der Waals surface area contributed by atoms with E-state index in [0.717, 1.165) is 28.8 Å². The van der Waals surface area contributed by atoms with Crippen LogP contribution in [0.15, 0.2) is 77.4 Å². The van der Waals surface area contributed by atoms with Crippen LogP contribution in [0.2, 0.25) is 0 Å². The van der Waals surface area contributed by atoms with E-state index in [1.165, 1.54) is 0 Å². The summed E-state index contributed by atoms with van der Waals surface area (Å²) in [5, 5.41) is 3.98. The Kier molecular flexibility index (Phi) is 6.80. The second kappa shape index (κ2) is 10.1. The number of hydrogen-bond acceptors (Lipinski definition) is 5. The van der Waals surface area contributed by atoms with Crippen LogP contribution in [-0.2, 0) is 11.3 Å². The first-order valence-electron chi connectivity index (χ1n) is 11.0. The van der Waals surface area contributed by atoms with Crippen LogP contribution in [0.1, 0.15) is 25.8 Å². The third kappa shape index (κ3) is 5.32. The maximum absolute atomic E-state index is 12.6. The molecule has 0 radical (unpaired) electrons. The predicted octanol–water partition coefficient (Wildman–Crippen LogP) is 5.06. The number of rotatable bonds is 9. The number of benzene rings is 2. The molecule has 0 unspecified atom stereocenters. The number of fused-ring (bicyclic) bond motifs is 1. The summed E-state index contributed by atoms with van der Waals surface area (Å²) in [6.07, 6.45) is 2.00. The monoisotopic (exact) mass is 428 g/mol. The fourth-order valence-electron chi connectivity index (χ4n) is 3.66. The van der Waals surface area contributed by atoms with Gasteiger partial charge < -0.3 is 14.6 Å². The number of carbonyl (C=O) groups is 1. The topological polar surface area (TPSA) is 71.3 Å². The second-order valence-corrected chi connectivity index (χ2v) is 8.22. The molecule has 0 saturated heterocycles. The van der Waals surface area contributed by atoms with Gasteiger partial charge >= 0.3 is 0 Å². The van der Waals surface area contributed by atoms with Gasteiger partial charge in [0.25, 0.3) is 0 Å². The van der Waals surface area contributed by atoms with Gasteiger partial charge in [-0.1, -0.05) is 56.3 Å². The third-order valence-electron chi connectivity index (χ3n) is 5.15. The van der Waals surface area contributed by atoms with Gasteiger partial charge in [0.1, 0.15) is 5.82 Å². The van der Waals surface area contributed by atoms with Crippen LogP contribution in [0, 0.1) is 5.92 Å². The third-order valence-corrected chi connectivity index (χ3v) is 5.15. The Hall–Kier alpha value is -3.67. The maximum atomic E-state index is 12.6. The molecule has 2 aromatic carbocycles. The van der Waals surface area contributed by atoms with Crippen LogP contribution in [-0.4, -0.2) is 29.0 Å². The van der Waals surface area contributed by atoms with E-state index < -0.39 is 0 Å². The van der Waals surface area contributed by atoms with Crippen molar-refractivity contribution in [3.05, 3.63) is 78.6 Å². The lowest BCUT2D eigenvalue weighted by Gasteiger charge is -2.27. The molecule has 0 spiro atoms. The number of aromatic nitrogens is 2. The summed E-state index contributed by atoms with van der Waals surface area (Å²) in [4.78, 5) is 24.3. The first-order chi connectivity index (χ1) is 15.6. The van der Waals surface area contributed by atoms with Crippen molar-refractivity contribution in [2.24, 2.45) is 5.92 Å². The van der Waals surface area contributed by atoms with E-state index in [1.807, 2.05) is 66.7 Å². The first-order valence-corrected chi connectivity index (χ1v) is 11.0. The molecular weight excluding hydrogens is 400 g/mol. The molecule has 0 aliphatic carbocycles. The Morgan fingerprint density at radius 1 is 1.00 bits per heavy atom. The molecule has 4 aromatic rings. The van der Waals surface area contributed by atoms with E-state index in [1.54, 1.807) is 6.26 Å². The highest BCUT2D eigenvalue weighted by Crippen LogP contribution is 2.28. The number of carbonyl (C=O) groups excluding carboxylic acids is 1. The number of nitrogens with one attached hydrogen (secondary N) is 1. The molecule has 164 valence electrons. The molecule has 2 aromatic heterocycles. The Labute approximate surface area is 188 Å². The highest BCUT2D eigenvalue weighted by atomic mass is 16.3. The van der Waals surface area contributed by atoms with E-state index >= 15 is 0 Å². The molecule has 1 N–H and O–H groups in total. The molecule has 0 saturated carbocycles. The summed E-state index contributed by atoms with van der Waals surface area (Å²) in [5.41, 5.74) is 1.94. The average Bonchev–Trinajstić information content (AvgIpc) is 3.35. The molecule has 1 amide bonds. The largest absolute Gasteiger partial charge is 0.461 e. The molecule has 0 fully saturated rings. The first kappa shape index (κ1) is 21.6. The Balaban J connectivity index is 1.56. The fraction of sp³-hybridized carbons (Fsp3) is 0.269. The van der Waals surface area contributed by atoms with Crippen LogP contribution >= 0.6 is 0 Å². The minimum Gasteiger partial charge on any atom is -0.461 e. The summed E-state index contributed by atoms with van der Waals surface area (Å²) >= 11 is 0. The summed E-state index contributed by atoms with van der Waals surface area (Å²) in [6, 6.07) is 21.6. The number of furan rings is 1. The molecule has 4 rings (SSSR count). The fourth-order valence-corrected chi connectivity index (χ4v) is 3.66. The molecule has 32 heavy (non-hydrogen) atoms.